The first-order chi connectivity index (χ1) is 13.9. The first-order valence-electron chi connectivity index (χ1n) is 9.53. The summed E-state index contributed by atoms with van der Waals surface area (Å²) in [6.45, 7) is 3.70. The van der Waals surface area contributed by atoms with Crippen molar-refractivity contribution in [3.8, 4) is 0 Å². The van der Waals surface area contributed by atoms with Crippen LogP contribution in [0.5, 0.6) is 0 Å². The van der Waals surface area contributed by atoms with Gasteiger partial charge in [0.2, 0.25) is 11.6 Å². The number of esters is 1. The van der Waals surface area contributed by atoms with Gasteiger partial charge in [0.25, 0.3) is 5.91 Å². The van der Waals surface area contributed by atoms with Gasteiger partial charge in [-0.15, -0.1) is 0 Å². The highest BCUT2D eigenvalue weighted by Gasteiger charge is 2.62. The van der Waals surface area contributed by atoms with Crippen LogP contribution in [0.4, 0.5) is 5.69 Å². The summed E-state index contributed by atoms with van der Waals surface area (Å²) < 4.78 is 5.63. The molecule has 0 aliphatic carbocycles. The van der Waals surface area contributed by atoms with Crippen LogP contribution in [0.25, 0.3) is 0 Å². The number of nitrogens with zero attached hydrogens (tertiary/aromatic N) is 2. The fraction of sp³-hybridized carbons (Fsp3) is 0.318. The Morgan fingerprint density at radius 1 is 1.14 bits per heavy atom. The topological polar surface area (TPSA) is 66.9 Å². The lowest BCUT2D eigenvalue weighted by Gasteiger charge is -2.50. The van der Waals surface area contributed by atoms with Gasteiger partial charge in [0.15, 0.2) is 0 Å². The van der Waals surface area contributed by atoms with E-state index in [2.05, 4.69) is 0 Å². The molecule has 0 aromatic heterocycles. The van der Waals surface area contributed by atoms with E-state index in [4.69, 9.17) is 16.3 Å². The molecule has 0 bridgehead atoms. The van der Waals surface area contributed by atoms with Gasteiger partial charge in [-0.1, -0.05) is 35.9 Å². The van der Waals surface area contributed by atoms with E-state index >= 15 is 0 Å². The van der Waals surface area contributed by atoms with Crippen molar-refractivity contribution < 1.29 is 19.1 Å². The summed E-state index contributed by atoms with van der Waals surface area (Å²) in [5.41, 5.74) is 0.176. The van der Waals surface area contributed by atoms with Crippen molar-refractivity contribution >= 4 is 35.1 Å². The Labute approximate surface area is 174 Å². The number of ether oxygens (including phenoxy) is 1. The predicted molar refractivity (Wildman–Crippen MR) is 108 cm³/mol. The molecule has 2 aromatic rings. The molecule has 1 atom stereocenters. The molecule has 29 heavy (non-hydrogen) atoms. The number of benzene rings is 2. The van der Waals surface area contributed by atoms with Crippen molar-refractivity contribution in [3.63, 3.8) is 0 Å². The van der Waals surface area contributed by atoms with Gasteiger partial charge in [0, 0.05) is 23.9 Å². The highest BCUT2D eigenvalue weighted by molar-refractivity contribution is 6.30. The van der Waals surface area contributed by atoms with Crippen LogP contribution in [-0.2, 0) is 20.9 Å². The van der Waals surface area contributed by atoms with Crippen molar-refractivity contribution in [2.24, 2.45) is 0 Å². The van der Waals surface area contributed by atoms with Crippen LogP contribution in [0, 0.1) is 0 Å². The maximum absolute atomic E-state index is 13.4. The Balaban J connectivity index is 1.75. The average Bonchev–Trinajstić information content (AvgIpc) is 3.05. The van der Waals surface area contributed by atoms with Gasteiger partial charge < -0.3 is 9.64 Å². The van der Waals surface area contributed by atoms with E-state index < -0.39 is 11.6 Å². The number of para-hydroxylation sites is 1. The molecule has 0 unspecified atom stereocenters. The van der Waals surface area contributed by atoms with Crippen molar-refractivity contribution in [3.05, 3.63) is 64.7 Å². The summed E-state index contributed by atoms with van der Waals surface area (Å²) >= 11 is 5.91. The zero-order valence-electron chi connectivity index (χ0n) is 16.2. The SMILES string of the molecule is CC(C)N1C(=O)c2ccccc2N2C(=O)CC[C@]21C(=O)OCc1ccc(Cl)cc1. The zero-order chi connectivity index (χ0) is 20.8. The second-order valence-corrected chi connectivity index (χ2v) is 7.97. The van der Waals surface area contributed by atoms with Crippen molar-refractivity contribution in [1.82, 2.24) is 4.90 Å². The van der Waals surface area contributed by atoms with Crippen LogP contribution in [0.2, 0.25) is 5.02 Å². The van der Waals surface area contributed by atoms with Crippen molar-refractivity contribution in [2.45, 2.75) is 45.0 Å². The van der Waals surface area contributed by atoms with E-state index in [1.165, 1.54) is 9.80 Å². The molecule has 2 aromatic carbocycles. The molecule has 2 aliphatic rings. The van der Waals surface area contributed by atoms with Gasteiger partial charge in [-0.3, -0.25) is 14.5 Å². The lowest BCUT2D eigenvalue weighted by Crippen LogP contribution is -2.70. The molecule has 1 fully saturated rings. The van der Waals surface area contributed by atoms with Crippen LogP contribution in [0.3, 0.4) is 0 Å². The molecule has 4 rings (SSSR count). The smallest absolute Gasteiger partial charge is 0.354 e. The first kappa shape index (κ1) is 19.5. The van der Waals surface area contributed by atoms with Crippen LogP contribution in [-0.4, -0.2) is 34.4 Å². The minimum absolute atomic E-state index is 0.0293. The van der Waals surface area contributed by atoms with Gasteiger partial charge >= 0.3 is 5.97 Å². The van der Waals surface area contributed by atoms with Crippen LogP contribution in [0.1, 0.15) is 42.6 Å². The van der Waals surface area contributed by atoms with Gasteiger partial charge in [-0.25, -0.2) is 4.79 Å². The van der Waals surface area contributed by atoms with Gasteiger partial charge in [-0.05, 0) is 43.7 Å². The van der Waals surface area contributed by atoms with Crippen molar-refractivity contribution in [1.29, 1.82) is 0 Å². The number of anilines is 1. The van der Waals surface area contributed by atoms with Crippen LogP contribution in [0.15, 0.2) is 48.5 Å². The fourth-order valence-corrected chi connectivity index (χ4v) is 4.34. The Kier molecular flexibility index (Phi) is 4.82. The number of halogens is 1. The molecule has 7 heteroatoms. The molecule has 150 valence electrons. The highest BCUT2D eigenvalue weighted by atomic mass is 35.5. The van der Waals surface area contributed by atoms with Crippen LogP contribution < -0.4 is 4.90 Å². The van der Waals surface area contributed by atoms with E-state index in [0.29, 0.717) is 16.3 Å². The third kappa shape index (κ3) is 2.99. The Morgan fingerprint density at radius 2 is 1.83 bits per heavy atom. The number of hydrogen-bond acceptors (Lipinski definition) is 4. The Bertz CT molecular complexity index is 989. The molecule has 0 radical (unpaired) electrons. The third-order valence-electron chi connectivity index (χ3n) is 5.43. The normalized spacial score (nSPS) is 20.7. The molecule has 1 saturated heterocycles. The maximum atomic E-state index is 13.4. The van der Waals surface area contributed by atoms with Crippen LogP contribution >= 0.6 is 11.6 Å². The summed E-state index contributed by atoms with van der Waals surface area (Å²) in [6.07, 6.45) is 0.365. The Hall–Kier alpha value is -2.86. The average molecular weight is 413 g/mol. The second-order valence-electron chi connectivity index (χ2n) is 7.53. The van der Waals surface area contributed by atoms with Crippen molar-refractivity contribution in [2.75, 3.05) is 4.90 Å². The summed E-state index contributed by atoms with van der Waals surface area (Å²) in [5, 5.41) is 0.590. The monoisotopic (exact) mass is 412 g/mol. The predicted octanol–water partition coefficient (Wildman–Crippen LogP) is 3.77. The van der Waals surface area contributed by atoms with E-state index in [1.807, 2.05) is 13.8 Å². The molecule has 2 amide bonds. The summed E-state index contributed by atoms with van der Waals surface area (Å²) in [5.74, 6) is -1.07. The number of amides is 2. The highest BCUT2D eigenvalue weighted by Crippen LogP contribution is 2.46. The molecular weight excluding hydrogens is 392 g/mol. The number of carbonyl (C=O) groups excluding carboxylic acids is 3. The summed E-state index contributed by atoms with van der Waals surface area (Å²) in [4.78, 5) is 42.5. The molecule has 0 N–H and O–H groups in total. The first-order valence-corrected chi connectivity index (χ1v) is 9.91. The fourth-order valence-electron chi connectivity index (χ4n) is 4.22. The second kappa shape index (κ2) is 7.19. The molecule has 2 aliphatic heterocycles. The molecule has 0 spiro atoms. The lowest BCUT2D eigenvalue weighted by molar-refractivity contribution is -0.159. The quantitative estimate of drug-likeness (QED) is 0.717. The lowest BCUT2D eigenvalue weighted by atomic mass is 9.95. The third-order valence-corrected chi connectivity index (χ3v) is 5.68. The molecule has 6 nitrogen and oxygen atoms in total. The minimum atomic E-state index is -1.47. The van der Waals surface area contributed by atoms with E-state index in [0.717, 1.165) is 5.56 Å². The van der Waals surface area contributed by atoms with Gasteiger partial charge in [0.05, 0.1) is 11.3 Å². The number of rotatable bonds is 4. The minimum Gasteiger partial charge on any atom is -0.458 e. The van der Waals surface area contributed by atoms with E-state index in [-0.39, 0.29) is 37.3 Å². The molecular formula is C22H21ClN2O4. The summed E-state index contributed by atoms with van der Waals surface area (Å²) in [7, 11) is 0. The maximum Gasteiger partial charge on any atom is 0.354 e. The van der Waals surface area contributed by atoms with E-state index in [9.17, 15) is 14.4 Å². The largest absolute Gasteiger partial charge is 0.458 e. The molecule has 2 heterocycles. The number of fused-ring (bicyclic) bond motifs is 3. The number of hydrogen-bond donors (Lipinski definition) is 0. The van der Waals surface area contributed by atoms with E-state index in [1.54, 1.807) is 48.5 Å². The number of carbonyl (C=O) groups is 3. The zero-order valence-corrected chi connectivity index (χ0v) is 17.0. The van der Waals surface area contributed by atoms with Gasteiger partial charge in [-0.2, -0.15) is 0 Å². The molecule has 0 saturated carbocycles. The van der Waals surface area contributed by atoms with Gasteiger partial charge in [0.1, 0.15) is 6.61 Å². The Morgan fingerprint density at radius 3 is 2.52 bits per heavy atom. The summed E-state index contributed by atoms with van der Waals surface area (Å²) in [6, 6.07) is 13.6. The standard InChI is InChI=1S/C22H21ClN2O4/c1-14(2)24-20(27)17-5-3-4-6-18(17)25-19(26)11-12-22(24,25)21(28)29-13-15-7-9-16(23)10-8-15/h3-10,14H,11-13H2,1-2H3/t22-/m1/s1.